The average molecular weight is 275 g/mol. The molecule has 88 valence electrons. The Hall–Kier alpha value is 0.0200. The third-order valence-electron chi connectivity index (χ3n) is 2.88. The zero-order valence-electron chi connectivity index (χ0n) is 9.97. The van der Waals surface area contributed by atoms with Gasteiger partial charge in [0, 0.05) is 0 Å². The topological polar surface area (TPSA) is 9.23 Å². The van der Waals surface area contributed by atoms with Gasteiger partial charge in [-0.25, -0.2) is 0 Å². The molecule has 1 saturated carbocycles. The van der Waals surface area contributed by atoms with Crippen molar-refractivity contribution in [1.82, 2.24) is 0 Å². The lowest BCUT2D eigenvalue weighted by atomic mass is 9.98. The van der Waals surface area contributed by atoms with Crippen molar-refractivity contribution in [2.75, 3.05) is 0 Å². The van der Waals surface area contributed by atoms with Crippen LogP contribution in [0.2, 0.25) is 0 Å². The Kier molecular flexibility index (Phi) is 6.39. The van der Waals surface area contributed by atoms with E-state index in [9.17, 15) is 0 Å². The van der Waals surface area contributed by atoms with E-state index in [-0.39, 0.29) is 0 Å². The molecule has 0 aromatic heterocycles. The minimum Gasteiger partial charge on any atom is -0.484 e. The van der Waals surface area contributed by atoms with E-state index in [1.807, 2.05) is 0 Å². The first-order valence-corrected chi connectivity index (χ1v) is 7.00. The largest absolute Gasteiger partial charge is 0.484 e. The smallest absolute Gasteiger partial charge is 0.158 e. The highest BCUT2D eigenvalue weighted by Crippen LogP contribution is 2.24. The van der Waals surface area contributed by atoms with E-state index in [2.05, 4.69) is 35.9 Å². The highest BCUT2D eigenvalue weighted by atomic mass is 79.9. The number of ether oxygens (including phenoxy) is 1. The first kappa shape index (κ1) is 13.1. The maximum Gasteiger partial charge on any atom is 0.158 e. The highest BCUT2D eigenvalue weighted by Gasteiger charge is 2.14. The first-order chi connectivity index (χ1) is 7.18. The summed E-state index contributed by atoms with van der Waals surface area (Å²) in [5.74, 6) is 0.774. The van der Waals surface area contributed by atoms with Gasteiger partial charge in [0.15, 0.2) is 4.67 Å². The van der Waals surface area contributed by atoms with Crippen LogP contribution >= 0.6 is 15.9 Å². The zero-order chi connectivity index (χ0) is 11.1. The monoisotopic (exact) mass is 274 g/mol. The number of rotatable bonds is 5. The second kappa shape index (κ2) is 7.32. The fourth-order valence-electron chi connectivity index (χ4n) is 1.92. The number of hydrogen-bond acceptors (Lipinski definition) is 1. The summed E-state index contributed by atoms with van der Waals surface area (Å²) in [6.07, 6.45) is 11.5. The van der Waals surface area contributed by atoms with Crippen molar-refractivity contribution in [2.45, 2.75) is 64.9 Å². The van der Waals surface area contributed by atoms with Crippen LogP contribution in [0.4, 0.5) is 0 Å². The molecule has 0 atom stereocenters. The van der Waals surface area contributed by atoms with E-state index in [1.54, 1.807) is 0 Å². The van der Waals surface area contributed by atoms with Crippen LogP contribution in [0.3, 0.4) is 0 Å². The molecule has 0 aliphatic heterocycles. The molecule has 2 heteroatoms. The van der Waals surface area contributed by atoms with Gasteiger partial charge < -0.3 is 4.74 Å². The van der Waals surface area contributed by atoms with Gasteiger partial charge >= 0.3 is 0 Å². The van der Waals surface area contributed by atoms with Crippen molar-refractivity contribution in [3.05, 3.63) is 10.7 Å². The second-order valence-corrected chi connectivity index (χ2v) is 5.64. The molecule has 0 bridgehead atoms. The van der Waals surface area contributed by atoms with Crippen molar-refractivity contribution in [2.24, 2.45) is 5.92 Å². The lowest BCUT2D eigenvalue weighted by Crippen LogP contribution is -2.14. The maximum absolute atomic E-state index is 5.85. The molecule has 0 aromatic rings. The minimum atomic E-state index is 0.462. The molecule has 0 unspecified atom stereocenters. The Morgan fingerprint density at radius 3 is 2.60 bits per heavy atom. The molecule has 0 N–H and O–H groups in total. The van der Waals surface area contributed by atoms with E-state index >= 15 is 0 Å². The predicted octanol–water partition coefficient (Wildman–Crippen LogP) is 5.01. The minimum absolute atomic E-state index is 0.462. The third-order valence-corrected chi connectivity index (χ3v) is 3.39. The average Bonchev–Trinajstić information content (AvgIpc) is 2.18. The van der Waals surface area contributed by atoms with Gasteiger partial charge in [-0.15, -0.1) is 0 Å². The van der Waals surface area contributed by atoms with Gasteiger partial charge in [-0.05, 0) is 66.4 Å². The van der Waals surface area contributed by atoms with E-state index in [4.69, 9.17) is 4.74 Å². The lowest BCUT2D eigenvalue weighted by molar-refractivity contribution is 0.0999. The van der Waals surface area contributed by atoms with Crippen LogP contribution in [0.25, 0.3) is 0 Å². The van der Waals surface area contributed by atoms with Crippen LogP contribution in [0.1, 0.15) is 58.8 Å². The molecule has 1 nitrogen and oxygen atoms in total. The number of allylic oxidation sites excluding steroid dienone is 1. The van der Waals surface area contributed by atoms with Crippen molar-refractivity contribution >= 4 is 15.9 Å². The molecule has 0 saturated heterocycles. The Labute approximate surface area is 102 Å². The Balaban J connectivity index is 2.18. The van der Waals surface area contributed by atoms with Gasteiger partial charge in [0.1, 0.15) is 0 Å². The fraction of sp³-hybridized carbons (Fsp3) is 0.846. The van der Waals surface area contributed by atoms with Crippen LogP contribution in [-0.2, 0) is 4.74 Å². The summed E-state index contributed by atoms with van der Waals surface area (Å²) < 4.78 is 6.80. The molecule has 0 aromatic carbocycles. The Morgan fingerprint density at radius 1 is 1.33 bits per heavy atom. The fourth-order valence-corrected chi connectivity index (χ4v) is 2.41. The normalized spacial score (nSPS) is 19.6. The summed E-state index contributed by atoms with van der Waals surface area (Å²) in [6, 6.07) is 0. The van der Waals surface area contributed by atoms with Gasteiger partial charge in [-0.3, -0.25) is 0 Å². The lowest BCUT2D eigenvalue weighted by Gasteiger charge is -2.22. The summed E-state index contributed by atoms with van der Waals surface area (Å²) in [5.41, 5.74) is 0. The zero-order valence-corrected chi connectivity index (χ0v) is 11.6. The van der Waals surface area contributed by atoms with E-state index < -0.39 is 0 Å². The molecule has 1 fully saturated rings. The summed E-state index contributed by atoms with van der Waals surface area (Å²) in [7, 11) is 0. The molecular formula is C13H23BrO. The first-order valence-electron chi connectivity index (χ1n) is 6.21. The third kappa shape index (κ3) is 6.24. The van der Waals surface area contributed by atoms with Crippen LogP contribution in [0, 0.1) is 5.92 Å². The van der Waals surface area contributed by atoms with Gasteiger partial charge in [-0.2, -0.15) is 0 Å². The molecule has 0 spiro atoms. The quantitative estimate of drug-likeness (QED) is 0.641. The summed E-state index contributed by atoms with van der Waals surface area (Å²) in [4.78, 5) is 0. The standard InChI is InChI=1S/C13H23BrO/c1-11(2)7-6-10-13(14)15-12-8-4-3-5-9-12/h10-12H,3-9H2,1-2H3/b13-10-. The van der Waals surface area contributed by atoms with E-state index in [0.717, 1.165) is 17.0 Å². The molecule has 15 heavy (non-hydrogen) atoms. The van der Waals surface area contributed by atoms with Crippen molar-refractivity contribution in [1.29, 1.82) is 0 Å². The Bertz CT molecular complexity index is 193. The molecular weight excluding hydrogens is 252 g/mol. The summed E-state index contributed by atoms with van der Waals surface area (Å²) >= 11 is 3.50. The second-order valence-electron chi connectivity index (χ2n) is 4.86. The van der Waals surface area contributed by atoms with Gasteiger partial charge in [0.25, 0.3) is 0 Å². The SMILES string of the molecule is CC(C)CC/C=C(/Br)OC1CCCCC1. The van der Waals surface area contributed by atoms with Crippen LogP contribution in [-0.4, -0.2) is 6.10 Å². The van der Waals surface area contributed by atoms with Crippen LogP contribution in [0.15, 0.2) is 10.7 Å². The molecule has 0 radical (unpaired) electrons. The maximum atomic E-state index is 5.85. The Morgan fingerprint density at radius 2 is 2.00 bits per heavy atom. The van der Waals surface area contributed by atoms with Crippen LogP contribution in [0.5, 0.6) is 0 Å². The predicted molar refractivity (Wildman–Crippen MR) is 69.0 cm³/mol. The van der Waals surface area contributed by atoms with Crippen LogP contribution < -0.4 is 0 Å². The number of halogens is 1. The molecule has 0 heterocycles. The van der Waals surface area contributed by atoms with E-state index in [1.165, 1.54) is 38.5 Å². The van der Waals surface area contributed by atoms with Crippen molar-refractivity contribution in [3.8, 4) is 0 Å². The van der Waals surface area contributed by atoms with Crippen molar-refractivity contribution in [3.63, 3.8) is 0 Å². The molecule has 1 aliphatic carbocycles. The van der Waals surface area contributed by atoms with Gasteiger partial charge in [0.2, 0.25) is 0 Å². The van der Waals surface area contributed by atoms with E-state index in [0.29, 0.717) is 6.10 Å². The molecule has 0 amide bonds. The summed E-state index contributed by atoms with van der Waals surface area (Å²) in [6.45, 7) is 4.51. The molecule has 1 rings (SSSR count). The van der Waals surface area contributed by atoms with Crippen molar-refractivity contribution < 1.29 is 4.74 Å². The molecule has 1 aliphatic rings. The summed E-state index contributed by atoms with van der Waals surface area (Å²) in [5, 5.41) is 0. The highest BCUT2D eigenvalue weighted by molar-refractivity contribution is 9.11. The number of hydrogen-bond donors (Lipinski definition) is 0. The van der Waals surface area contributed by atoms with Gasteiger partial charge in [-0.1, -0.05) is 20.3 Å². The van der Waals surface area contributed by atoms with Gasteiger partial charge in [0.05, 0.1) is 6.10 Å².